The van der Waals surface area contributed by atoms with E-state index < -0.39 is 35.3 Å². The van der Waals surface area contributed by atoms with Crippen molar-refractivity contribution >= 4 is 28.6 Å². The number of carboxylic acid groups (broad SMARTS) is 1. The second-order valence-corrected chi connectivity index (χ2v) is 11.2. The number of aliphatic carboxylic acids is 1. The fraction of sp³-hybridized carbons (Fsp3) is 0.286. The Balaban J connectivity index is 1.39. The zero-order valence-corrected chi connectivity index (χ0v) is 23.5. The summed E-state index contributed by atoms with van der Waals surface area (Å²) in [6, 6.07) is 30.8. The van der Waals surface area contributed by atoms with Gasteiger partial charge < -0.3 is 9.84 Å². The van der Waals surface area contributed by atoms with Crippen molar-refractivity contribution in [3.05, 3.63) is 108 Å². The maximum atomic E-state index is 13.9. The van der Waals surface area contributed by atoms with Crippen molar-refractivity contribution in [1.82, 2.24) is 10.2 Å². The highest BCUT2D eigenvalue weighted by Gasteiger charge is 2.68. The fourth-order valence-electron chi connectivity index (χ4n) is 6.59. The van der Waals surface area contributed by atoms with Gasteiger partial charge in [0.05, 0.1) is 25.0 Å². The third kappa shape index (κ3) is 4.89. The molecule has 6 rings (SSSR count). The molecule has 0 saturated carbocycles. The molecule has 0 aliphatic carbocycles. The van der Waals surface area contributed by atoms with E-state index in [0.29, 0.717) is 6.61 Å². The third-order valence-corrected chi connectivity index (χ3v) is 8.61. The summed E-state index contributed by atoms with van der Waals surface area (Å²) >= 11 is 0. The Morgan fingerprint density at radius 2 is 1.55 bits per heavy atom. The highest BCUT2D eigenvalue weighted by molar-refractivity contribution is 6.09. The van der Waals surface area contributed by atoms with Crippen LogP contribution in [0.4, 0.5) is 0 Å². The molecule has 2 saturated heterocycles. The van der Waals surface area contributed by atoms with Gasteiger partial charge in [-0.2, -0.15) is 0 Å². The highest BCUT2D eigenvalue weighted by Crippen LogP contribution is 2.50. The number of carbonyl (C=O) groups is 3. The molecule has 7 nitrogen and oxygen atoms in total. The molecule has 2 aliphatic rings. The summed E-state index contributed by atoms with van der Waals surface area (Å²) in [7, 11) is 0. The maximum Gasteiger partial charge on any atom is 0.325 e. The Morgan fingerprint density at radius 1 is 0.857 bits per heavy atom. The lowest BCUT2D eigenvalue weighted by Crippen LogP contribution is -2.57. The molecule has 0 aromatic heterocycles. The Kier molecular flexibility index (Phi) is 7.62. The molecule has 2 amide bonds. The second kappa shape index (κ2) is 11.5. The minimum Gasteiger partial charge on any atom is -0.480 e. The van der Waals surface area contributed by atoms with Crippen molar-refractivity contribution < 1.29 is 24.2 Å². The monoisotopic (exact) mass is 562 g/mol. The summed E-state index contributed by atoms with van der Waals surface area (Å²) in [5.74, 6) is -3.85. The number of likely N-dealkylation sites (tertiary alicyclic amines) is 1. The predicted molar refractivity (Wildman–Crippen MR) is 161 cm³/mol. The van der Waals surface area contributed by atoms with E-state index in [1.165, 1.54) is 4.90 Å². The Hall–Kier alpha value is -4.33. The van der Waals surface area contributed by atoms with E-state index in [0.717, 1.165) is 39.4 Å². The van der Waals surface area contributed by atoms with Crippen molar-refractivity contribution in [1.29, 1.82) is 0 Å². The molecular formula is C35H34N2O5. The molecule has 2 N–H and O–H groups in total. The SMILES string of the molecule is CCCOCCN1C(=O)C2C(c3ccc(-c4ccccc4)cc3)NC(Cc3ccc4ccccc4c3)(C(=O)O)C2C1=O. The minimum absolute atomic E-state index is 0.0616. The normalized spacial score (nSPS) is 23.5. The predicted octanol–water partition coefficient (Wildman–Crippen LogP) is 5.25. The first-order valence-electron chi connectivity index (χ1n) is 14.5. The van der Waals surface area contributed by atoms with Crippen LogP contribution in [0.3, 0.4) is 0 Å². The summed E-state index contributed by atoms with van der Waals surface area (Å²) in [4.78, 5) is 42.3. The molecule has 2 aliphatic heterocycles. The number of hydrogen-bond donors (Lipinski definition) is 2. The summed E-state index contributed by atoms with van der Waals surface area (Å²) in [5, 5.41) is 16.2. The molecule has 2 fully saturated rings. The number of carboxylic acids is 1. The van der Waals surface area contributed by atoms with E-state index in [4.69, 9.17) is 4.74 Å². The van der Waals surface area contributed by atoms with E-state index in [9.17, 15) is 19.5 Å². The number of hydrogen-bond acceptors (Lipinski definition) is 5. The van der Waals surface area contributed by atoms with Crippen LogP contribution in [-0.2, 0) is 25.5 Å². The van der Waals surface area contributed by atoms with Crippen LogP contribution in [0.15, 0.2) is 97.1 Å². The van der Waals surface area contributed by atoms with Crippen molar-refractivity contribution in [2.45, 2.75) is 31.3 Å². The van der Waals surface area contributed by atoms with Crippen LogP contribution >= 0.6 is 0 Å². The number of rotatable bonds is 10. The summed E-state index contributed by atoms with van der Waals surface area (Å²) in [6.07, 6.45) is 0.887. The van der Waals surface area contributed by atoms with E-state index in [2.05, 4.69) is 5.32 Å². The van der Waals surface area contributed by atoms with Gasteiger partial charge in [-0.1, -0.05) is 104 Å². The summed E-state index contributed by atoms with van der Waals surface area (Å²) < 4.78 is 5.59. The van der Waals surface area contributed by atoms with Crippen molar-refractivity contribution in [3.8, 4) is 11.1 Å². The van der Waals surface area contributed by atoms with Crippen molar-refractivity contribution in [2.24, 2.45) is 11.8 Å². The van der Waals surface area contributed by atoms with Crippen LogP contribution in [-0.4, -0.2) is 53.1 Å². The topological polar surface area (TPSA) is 95.9 Å². The molecule has 214 valence electrons. The van der Waals surface area contributed by atoms with Gasteiger partial charge in [-0.25, -0.2) is 0 Å². The van der Waals surface area contributed by atoms with Crippen LogP contribution in [0.1, 0.15) is 30.5 Å². The van der Waals surface area contributed by atoms with Crippen LogP contribution in [0.5, 0.6) is 0 Å². The maximum absolute atomic E-state index is 13.9. The van der Waals surface area contributed by atoms with Crippen LogP contribution in [0.25, 0.3) is 21.9 Å². The summed E-state index contributed by atoms with van der Waals surface area (Å²) in [5.41, 5.74) is 1.96. The minimum atomic E-state index is -1.67. The number of amides is 2. The molecule has 4 aromatic carbocycles. The summed E-state index contributed by atoms with van der Waals surface area (Å²) in [6.45, 7) is 2.85. The van der Waals surface area contributed by atoms with Gasteiger partial charge in [-0.05, 0) is 39.4 Å². The zero-order valence-electron chi connectivity index (χ0n) is 23.5. The lowest BCUT2D eigenvalue weighted by molar-refractivity contribution is -0.151. The number of imide groups is 1. The highest BCUT2D eigenvalue weighted by atomic mass is 16.5. The van der Waals surface area contributed by atoms with Crippen LogP contribution in [0, 0.1) is 11.8 Å². The fourth-order valence-corrected chi connectivity index (χ4v) is 6.59. The number of benzene rings is 4. The van der Waals surface area contributed by atoms with Gasteiger partial charge in [-0.3, -0.25) is 24.6 Å². The second-order valence-electron chi connectivity index (χ2n) is 11.2. The average Bonchev–Trinajstić information content (AvgIpc) is 3.49. The molecule has 0 bridgehead atoms. The molecule has 2 heterocycles. The van der Waals surface area contributed by atoms with Gasteiger partial charge in [0.2, 0.25) is 11.8 Å². The average molecular weight is 563 g/mol. The van der Waals surface area contributed by atoms with Gasteiger partial charge >= 0.3 is 5.97 Å². The number of fused-ring (bicyclic) bond motifs is 2. The first-order valence-corrected chi connectivity index (χ1v) is 14.5. The van der Waals surface area contributed by atoms with Crippen LogP contribution in [0.2, 0.25) is 0 Å². The van der Waals surface area contributed by atoms with Gasteiger partial charge in [0.25, 0.3) is 0 Å². The lowest BCUT2D eigenvalue weighted by atomic mass is 9.76. The lowest BCUT2D eigenvalue weighted by Gasteiger charge is -2.31. The first kappa shape index (κ1) is 27.8. The van der Waals surface area contributed by atoms with Gasteiger partial charge in [0.15, 0.2) is 0 Å². The molecule has 0 spiro atoms. The molecule has 0 radical (unpaired) electrons. The van der Waals surface area contributed by atoms with E-state index in [-0.39, 0.29) is 25.5 Å². The molecule has 4 aromatic rings. The quantitative estimate of drug-likeness (QED) is 0.203. The molecular weight excluding hydrogens is 528 g/mol. The molecule has 4 atom stereocenters. The Bertz CT molecular complexity index is 1620. The Morgan fingerprint density at radius 3 is 2.26 bits per heavy atom. The number of ether oxygens (including phenoxy) is 1. The molecule has 42 heavy (non-hydrogen) atoms. The zero-order chi connectivity index (χ0) is 29.3. The van der Waals surface area contributed by atoms with E-state index >= 15 is 0 Å². The van der Waals surface area contributed by atoms with Crippen molar-refractivity contribution in [3.63, 3.8) is 0 Å². The van der Waals surface area contributed by atoms with Crippen molar-refractivity contribution in [2.75, 3.05) is 19.8 Å². The molecule has 7 heteroatoms. The van der Waals surface area contributed by atoms with E-state index in [1.54, 1.807) is 0 Å². The number of carbonyl (C=O) groups excluding carboxylic acids is 2. The smallest absolute Gasteiger partial charge is 0.325 e. The third-order valence-electron chi connectivity index (χ3n) is 8.61. The standard InChI is InChI=1S/C35H34N2O5/c1-2-19-42-20-18-37-32(38)29-30(33(37)39)35(34(40)41,22-23-12-13-25-10-6-7-11-28(25)21-23)36-31(29)27-16-14-26(15-17-27)24-8-4-3-5-9-24/h3-17,21,29-31,36H,2,18-20,22H2,1H3,(H,40,41). The molecule has 4 unspecified atom stereocenters. The van der Waals surface area contributed by atoms with Gasteiger partial charge in [0.1, 0.15) is 5.54 Å². The largest absolute Gasteiger partial charge is 0.480 e. The van der Waals surface area contributed by atoms with Crippen LogP contribution < -0.4 is 5.32 Å². The van der Waals surface area contributed by atoms with Gasteiger partial charge in [-0.15, -0.1) is 0 Å². The number of nitrogens with zero attached hydrogens (tertiary/aromatic N) is 1. The number of nitrogens with one attached hydrogen (secondary N) is 1. The van der Waals surface area contributed by atoms with Gasteiger partial charge in [0, 0.05) is 19.1 Å². The van der Waals surface area contributed by atoms with E-state index in [1.807, 2.05) is 104 Å². The first-order chi connectivity index (χ1) is 20.4. The Labute approximate surface area is 245 Å².